The third-order valence-electron chi connectivity index (χ3n) is 4.00. The van der Waals surface area contributed by atoms with E-state index in [1.165, 1.54) is 6.07 Å². The lowest BCUT2D eigenvalue weighted by atomic mass is 10.1. The van der Waals surface area contributed by atoms with E-state index in [1.54, 1.807) is 0 Å². The molecule has 3 heterocycles. The minimum Gasteiger partial charge on any atom is -0.354 e. The van der Waals surface area contributed by atoms with Gasteiger partial charge in [0, 0.05) is 12.2 Å². The molecular weight excluding hydrogens is 269 g/mol. The van der Waals surface area contributed by atoms with E-state index in [1.807, 2.05) is 0 Å². The summed E-state index contributed by atoms with van der Waals surface area (Å²) in [5, 5.41) is 6.54. The van der Waals surface area contributed by atoms with Crippen molar-refractivity contribution in [3.63, 3.8) is 0 Å². The van der Waals surface area contributed by atoms with Crippen molar-refractivity contribution in [2.75, 3.05) is 18.5 Å². The highest BCUT2D eigenvalue weighted by atomic mass is 19.4. The maximum absolute atomic E-state index is 12.5. The molecule has 20 heavy (non-hydrogen) atoms. The standard InChI is InChI=1S/C13H17F3N4/c14-13(15,16)9-1-3-11(18-7-9)19-12-4-2-10-5-6-17-8-20(10)12/h1,3,7,10,12,17H,2,4-6,8H2,(H,18,19)/t10-,12-/m0/s1. The lowest BCUT2D eigenvalue weighted by molar-refractivity contribution is -0.137. The number of alkyl halides is 3. The van der Waals surface area contributed by atoms with Gasteiger partial charge in [0.05, 0.1) is 18.4 Å². The van der Waals surface area contributed by atoms with Crippen molar-refractivity contribution in [2.45, 2.75) is 37.6 Å². The molecule has 2 N–H and O–H groups in total. The van der Waals surface area contributed by atoms with Gasteiger partial charge in [0.2, 0.25) is 0 Å². The molecule has 0 saturated carbocycles. The van der Waals surface area contributed by atoms with Crippen LogP contribution in [0.4, 0.5) is 19.0 Å². The van der Waals surface area contributed by atoms with Crippen molar-refractivity contribution >= 4 is 5.82 Å². The Kier molecular flexibility index (Phi) is 3.55. The summed E-state index contributed by atoms with van der Waals surface area (Å²) >= 11 is 0. The van der Waals surface area contributed by atoms with Crippen molar-refractivity contribution in [1.29, 1.82) is 0 Å². The van der Waals surface area contributed by atoms with Gasteiger partial charge in [-0.2, -0.15) is 13.2 Å². The number of anilines is 1. The number of rotatable bonds is 2. The van der Waals surface area contributed by atoms with Crippen molar-refractivity contribution < 1.29 is 13.2 Å². The van der Waals surface area contributed by atoms with Crippen LogP contribution in [0, 0.1) is 0 Å². The third kappa shape index (κ3) is 2.73. The Balaban J connectivity index is 1.66. The average molecular weight is 286 g/mol. The summed E-state index contributed by atoms with van der Waals surface area (Å²) < 4.78 is 37.4. The Labute approximate surface area is 115 Å². The van der Waals surface area contributed by atoms with E-state index >= 15 is 0 Å². The topological polar surface area (TPSA) is 40.2 Å². The molecule has 7 heteroatoms. The molecule has 1 aromatic heterocycles. The summed E-state index contributed by atoms with van der Waals surface area (Å²) in [5.41, 5.74) is -0.716. The fourth-order valence-electron chi connectivity index (χ4n) is 2.94. The second-order valence-electron chi connectivity index (χ2n) is 5.28. The molecule has 2 aliphatic heterocycles. The summed E-state index contributed by atoms with van der Waals surface area (Å²) in [5.74, 6) is 0.495. The predicted molar refractivity (Wildman–Crippen MR) is 69.0 cm³/mol. The first-order valence-electron chi connectivity index (χ1n) is 6.80. The number of aromatic nitrogens is 1. The first kappa shape index (κ1) is 13.6. The minimum atomic E-state index is -4.33. The normalized spacial score (nSPS) is 27.4. The summed E-state index contributed by atoms with van der Waals surface area (Å²) in [4.78, 5) is 6.19. The van der Waals surface area contributed by atoms with Crippen LogP contribution in [0.3, 0.4) is 0 Å². The maximum atomic E-state index is 12.5. The molecule has 2 atom stereocenters. The smallest absolute Gasteiger partial charge is 0.354 e. The molecule has 0 unspecified atom stereocenters. The molecule has 110 valence electrons. The van der Waals surface area contributed by atoms with Crippen LogP contribution in [-0.2, 0) is 6.18 Å². The van der Waals surface area contributed by atoms with E-state index in [0.717, 1.165) is 44.7 Å². The van der Waals surface area contributed by atoms with Crippen LogP contribution in [-0.4, -0.2) is 35.3 Å². The molecule has 0 spiro atoms. The predicted octanol–water partition coefficient (Wildman–Crippen LogP) is 2.25. The fraction of sp³-hybridized carbons (Fsp3) is 0.615. The second-order valence-corrected chi connectivity index (χ2v) is 5.28. The zero-order valence-electron chi connectivity index (χ0n) is 11.0. The van der Waals surface area contributed by atoms with Crippen molar-refractivity contribution in [3.8, 4) is 0 Å². The van der Waals surface area contributed by atoms with E-state index in [2.05, 4.69) is 20.5 Å². The van der Waals surface area contributed by atoms with Gasteiger partial charge in [-0.05, 0) is 37.9 Å². The molecule has 1 aromatic rings. The first-order chi connectivity index (χ1) is 9.54. The van der Waals surface area contributed by atoms with Crippen LogP contribution in [0.15, 0.2) is 18.3 Å². The van der Waals surface area contributed by atoms with Crippen LogP contribution in [0.5, 0.6) is 0 Å². The van der Waals surface area contributed by atoms with Gasteiger partial charge in [0.1, 0.15) is 5.82 Å². The molecule has 3 rings (SSSR count). The van der Waals surface area contributed by atoms with Crippen LogP contribution >= 0.6 is 0 Å². The zero-order chi connectivity index (χ0) is 14.2. The number of halogens is 3. The molecule has 2 aliphatic rings. The molecule has 0 amide bonds. The van der Waals surface area contributed by atoms with E-state index in [4.69, 9.17) is 0 Å². The molecule has 0 aliphatic carbocycles. The number of pyridine rings is 1. The first-order valence-corrected chi connectivity index (χ1v) is 6.80. The Bertz CT molecular complexity index is 460. The number of hydrogen-bond acceptors (Lipinski definition) is 4. The van der Waals surface area contributed by atoms with Gasteiger partial charge in [-0.25, -0.2) is 4.98 Å². The molecule has 2 fully saturated rings. The maximum Gasteiger partial charge on any atom is 0.417 e. The Hall–Kier alpha value is -1.34. The van der Waals surface area contributed by atoms with Crippen LogP contribution in [0.2, 0.25) is 0 Å². The van der Waals surface area contributed by atoms with Gasteiger partial charge < -0.3 is 10.6 Å². The largest absolute Gasteiger partial charge is 0.417 e. The number of hydrogen-bond donors (Lipinski definition) is 2. The van der Waals surface area contributed by atoms with E-state index in [9.17, 15) is 13.2 Å². The van der Waals surface area contributed by atoms with Gasteiger partial charge in [-0.3, -0.25) is 4.90 Å². The lowest BCUT2D eigenvalue weighted by Gasteiger charge is -2.34. The summed E-state index contributed by atoms with van der Waals surface area (Å²) in [6, 6.07) is 3.03. The van der Waals surface area contributed by atoms with Gasteiger partial charge in [-0.15, -0.1) is 0 Å². The third-order valence-corrected chi connectivity index (χ3v) is 4.00. The highest BCUT2D eigenvalue weighted by Crippen LogP contribution is 2.30. The molecule has 0 radical (unpaired) electrons. The molecule has 4 nitrogen and oxygen atoms in total. The highest BCUT2D eigenvalue weighted by molar-refractivity contribution is 5.37. The molecule has 2 saturated heterocycles. The zero-order valence-corrected chi connectivity index (χ0v) is 11.0. The Morgan fingerprint density at radius 3 is 2.80 bits per heavy atom. The molecule has 0 bridgehead atoms. The number of nitrogens with zero attached hydrogens (tertiary/aromatic N) is 2. The van der Waals surface area contributed by atoms with Crippen LogP contribution in [0.1, 0.15) is 24.8 Å². The minimum absolute atomic E-state index is 0.150. The monoisotopic (exact) mass is 286 g/mol. The van der Waals surface area contributed by atoms with Crippen molar-refractivity contribution in [2.24, 2.45) is 0 Å². The van der Waals surface area contributed by atoms with Gasteiger partial charge >= 0.3 is 6.18 Å². The quantitative estimate of drug-likeness (QED) is 0.875. The van der Waals surface area contributed by atoms with Gasteiger partial charge in [0.15, 0.2) is 0 Å². The molecule has 0 aromatic carbocycles. The summed E-state index contributed by atoms with van der Waals surface area (Å²) in [7, 11) is 0. The van der Waals surface area contributed by atoms with Gasteiger partial charge in [0.25, 0.3) is 0 Å². The second kappa shape index (κ2) is 5.21. The number of fused-ring (bicyclic) bond motifs is 1. The summed E-state index contributed by atoms with van der Waals surface area (Å²) in [6.45, 7) is 1.86. The Morgan fingerprint density at radius 1 is 1.25 bits per heavy atom. The fourth-order valence-corrected chi connectivity index (χ4v) is 2.94. The highest BCUT2D eigenvalue weighted by Gasteiger charge is 2.35. The van der Waals surface area contributed by atoms with Crippen LogP contribution in [0.25, 0.3) is 0 Å². The average Bonchev–Trinajstić information content (AvgIpc) is 2.82. The SMILES string of the molecule is FC(F)(F)c1ccc(N[C@@H]2CC[C@H]3CCNCN32)nc1. The van der Waals surface area contributed by atoms with E-state index < -0.39 is 11.7 Å². The van der Waals surface area contributed by atoms with E-state index in [0.29, 0.717) is 11.9 Å². The van der Waals surface area contributed by atoms with Crippen molar-refractivity contribution in [1.82, 2.24) is 15.2 Å². The van der Waals surface area contributed by atoms with Gasteiger partial charge in [-0.1, -0.05) is 0 Å². The Morgan fingerprint density at radius 2 is 2.10 bits per heavy atom. The van der Waals surface area contributed by atoms with Crippen LogP contribution < -0.4 is 10.6 Å². The summed E-state index contributed by atoms with van der Waals surface area (Å²) in [6.07, 6.45) is -0.0606. The number of nitrogens with one attached hydrogen (secondary N) is 2. The van der Waals surface area contributed by atoms with E-state index in [-0.39, 0.29) is 6.17 Å². The van der Waals surface area contributed by atoms with Crippen molar-refractivity contribution in [3.05, 3.63) is 23.9 Å². The molecular formula is C13H17F3N4. The lowest BCUT2D eigenvalue weighted by Crippen LogP contribution is -2.50.